The minimum absolute atomic E-state index is 0.0157. The summed E-state index contributed by atoms with van der Waals surface area (Å²) in [4.78, 5) is 25.7. The van der Waals surface area contributed by atoms with Crippen LogP contribution in [0.2, 0.25) is 0 Å². The Morgan fingerprint density at radius 1 is 1.12 bits per heavy atom. The average Bonchev–Trinajstić information content (AvgIpc) is 3.31. The van der Waals surface area contributed by atoms with Gasteiger partial charge >= 0.3 is 5.97 Å². The molecule has 2 aliphatic rings. The Balaban J connectivity index is 1.69. The Labute approximate surface area is 251 Å². The summed E-state index contributed by atoms with van der Waals surface area (Å²) in [6.45, 7) is 15.4. The maximum absolute atomic E-state index is 13.9. The number of aryl methyl sites for hydroxylation is 2. The third kappa shape index (κ3) is 6.72. The summed E-state index contributed by atoms with van der Waals surface area (Å²) >= 11 is 0. The number of ether oxygens (including phenoxy) is 2. The van der Waals surface area contributed by atoms with E-state index >= 15 is 0 Å². The number of benzene rings is 1. The van der Waals surface area contributed by atoms with Gasteiger partial charge in [0.05, 0.1) is 35.6 Å². The van der Waals surface area contributed by atoms with Crippen molar-refractivity contribution in [1.82, 2.24) is 0 Å². The van der Waals surface area contributed by atoms with Gasteiger partial charge in [-0.3, -0.25) is 4.79 Å². The van der Waals surface area contributed by atoms with Crippen molar-refractivity contribution >= 4 is 11.8 Å². The zero-order valence-electron chi connectivity index (χ0n) is 26.9. The largest absolute Gasteiger partial charge is 0.507 e. The van der Waals surface area contributed by atoms with Crippen molar-refractivity contribution in [3.8, 4) is 5.75 Å². The van der Waals surface area contributed by atoms with Crippen LogP contribution >= 0.6 is 0 Å². The number of carboxylic acids is 1. The normalized spacial score (nSPS) is 32.7. The van der Waals surface area contributed by atoms with Crippen LogP contribution in [0.5, 0.6) is 5.75 Å². The van der Waals surface area contributed by atoms with E-state index < -0.39 is 29.2 Å². The van der Waals surface area contributed by atoms with Crippen LogP contribution in [0.15, 0.2) is 12.1 Å². The lowest BCUT2D eigenvalue weighted by Crippen LogP contribution is -2.55. The van der Waals surface area contributed by atoms with Crippen molar-refractivity contribution in [2.45, 2.75) is 142 Å². The van der Waals surface area contributed by atoms with Gasteiger partial charge in [0.15, 0.2) is 0 Å². The third-order valence-corrected chi connectivity index (χ3v) is 10.7. The number of carbonyl (C=O) groups excluding carboxylic acids is 1. The monoisotopic (exact) mass is 590 g/mol. The Morgan fingerprint density at radius 3 is 2.33 bits per heavy atom. The molecule has 8 nitrogen and oxygen atoms in total. The van der Waals surface area contributed by atoms with Crippen molar-refractivity contribution in [1.29, 1.82) is 0 Å². The number of aromatic carboxylic acids is 1. The van der Waals surface area contributed by atoms with Gasteiger partial charge in [-0.2, -0.15) is 0 Å². The van der Waals surface area contributed by atoms with Crippen LogP contribution in [0.1, 0.15) is 115 Å². The molecule has 2 aliphatic heterocycles. The molecule has 1 aromatic rings. The third-order valence-electron chi connectivity index (χ3n) is 10.7. The van der Waals surface area contributed by atoms with Crippen molar-refractivity contribution in [2.75, 3.05) is 0 Å². The van der Waals surface area contributed by atoms with Gasteiger partial charge in [-0.15, -0.1) is 0 Å². The Morgan fingerprint density at radius 2 is 1.79 bits per heavy atom. The van der Waals surface area contributed by atoms with Crippen molar-refractivity contribution < 1.29 is 39.5 Å². The summed E-state index contributed by atoms with van der Waals surface area (Å²) in [6, 6.07) is 3.40. The number of aliphatic hydroxyl groups excluding tert-OH is 1. The van der Waals surface area contributed by atoms with E-state index in [1.165, 1.54) is 0 Å². The molecule has 0 amide bonds. The van der Waals surface area contributed by atoms with E-state index in [0.29, 0.717) is 49.7 Å². The van der Waals surface area contributed by atoms with Crippen LogP contribution < -0.4 is 0 Å². The summed E-state index contributed by atoms with van der Waals surface area (Å²) in [7, 11) is 0. The minimum atomic E-state index is -1.18. The number of hydrogen-bond donors (Lipinski definition) is 4. The Kier molecular flexibility index (Phi) is 11.3. The van der Waals surface area contributed by atoms with E-state index in [-0.39, 0.29) is 53.2 Å². The maximum Gasteiger partial charge on any atom is 0.339 e. The van der Waals surface area contributed by atoms with Crippen LogP contribution in [0.4, 0.5) is 0 Å². The standard InChI is InChI=1S/C34H54O8/c1-9-25(31-21(6)18-34(11-3,42-31)26-16-17-33(40,10-2)23(8)41-26)30(37)22(7)28(35)19(4)12-14-24-15-13-20(5)29(36)27(24)32(38)39/h13,15,19,21-23,25-26,28,31,35-36,40H,9-12,14,16-18H2,1-8H3,(H,38,39)/t19-,21+,22?,23+,25-,26?,28+,31?,33-,34?/m1/s1. The molecule has 4 N–H and O–H groups in total. The number of ketones is 1. The molecule has 0 saturated carbocycles. The molecule has 1 aromatic carbocycles. The molecule has 2 fully saturated rings. The first-order valence-electron chi connectivity index (χ1n) is 16.0. The van der Waals surface area contributed by atoms with Crippen molar-refractivity contribution in [3.63, 3.8) is 0 Å². The van der Waals surface area contributed by atoms with Gasteiger partial charge in [0, 0.05) is 11.8 Å². The summed E-state index contributed by atoms with van der Waals surface area (Å²) in [5.41, 5.74) is -0.437. The predicted octanol–water partition coefficient (Wildman–Crippen LogP) is 5.84. The SMILES string of the molecule is CC[C@H](C(=O)C(C)[C@@H](O)[C@H](C)CCc1ccc(C)c(O)c1C(=O)O)C1OC(CC)(C2CC[C@](O)(CC)[C@H](C)O2)C[C@@H]1C. The fourth-order valence-electron chi connectivity index (χ4n) is 7.45. The molecule has 8 heteroatoms. The van der Waals surface area contributed by atoms with Crippen LogP contribution in [-0.2, 0) is 20.7 Å². The van der Waals surface area contributed by atoms with E-state index in [1.54, 1.807) is 26.0 Å². The molecule has 0 spiro atoms. The lowest BCUT2D eigenvalue weighted by atomic mass is 9.76. The Hall–Kier alpha value is -2.00. The first kappa shape index (κ1) is 34.5. The summed E-state index contributed by atoms with van der Waals surface area (Å²) < 4.78 is 13.2. The molecule has 0 aliphatic carbocycles. The summed E-state index contributed by atoms with van der Waals surface area (Å²) in [5.74, 6) is -2.55. The number of Topliss-reactive ketones (excluding diaryl/α,β-unsaturated/α-hetero) is 1. The Bertz CT molecular complexity index is 1100. The van der Waals surface area contributed by atoms with Crippen LogP contribution in [-0.4, -0.2) is 67.8 Å². The first-order valence-corrected chi connectivity index (χ1v) is 16.0. The molecule has 0 aromatic heterocycles. The average molecular weight is 591 g/mol. The number of aliphatic hydroxyl groups is 2. The molecule has 3 rings (SSSR count). The number of hydrogen-bond acceptors (Lipinski definition) is 7. The highest BCUT2D eigenvalue weighted by atomic mass is 16.6. The second kappa shape index (κ2) is 13.7. The first-order chi connectivity index (χ1) is 19.7. The van der Waals surface area contributed by atoms with Gasteiger partial charge in [-0.05, 0) is 88.2 Å². The van der Waals surface area contributed by atoms with Gasteiger partial charge < -0.3 is 29.9 Å². The molecule has 0 bridgehead atoms. The van der Waals surface area contributed by atoms with Gasteiger partial charge in [0.2, 0.25) is 0 Å². The lowest BCUT2D eigenvalue weighted by molar-refractivity contribution is -0.229. The quantitative estimate of drug-likeness (QED) is 0.225. The second-order valence-corrected chi connectivity index (χ2v) is 13.2. The fraction of sp³-hybridized carbons (Fsp3) is 0.765. The number of phenols is 1. The molecular formula is C34H54O8. The van der Waals surface area contributed by atoms with Gasteiger partial charge in [0.25, 0.3) is 0 Å². The van der Waals surface area contributed by atoms with Crippen LogP contribution in [0.3, 0.4) is 0 Å². The van der Waals surface area contributed by atoms with Gasteiger partial charge in [-0.1, -0.05) is 53.7 Å². The van der Waals surface area contributed by atoms with E-state index in [1.807, 2.05) is 27.7 Å². The van der Waals surface area contributed by atoms with E-state index in [9.17, 15) is 30.0 Å². The molecule has 42 heavy (non-hydrogen) atoms. The maximum atomic E-state index is 13.9. The molecule has 238 valence electrons. The number of carboxylic acid groups (broad SMARTS) is 1. The smallest absolute Gasteiger partial charge is 0.339 e. The number of carbonyl (C=O) groups is 2. The van der Waals surface area contributed by atoms with Crippen LogP contribution in [0, 0.1) is 30.6 Å². The molecule has 0 radical (unpaired) electrons. The second-order valence-electron chi connectivity index (χ2n) is 13.2. The van der Waals surface area contributed by atoms with E-state index in [4.69, 9.17) is 9.47 Å². The number of rotatable bonds is 13. The number of aromatic hydroxyl groups is 1. The van der Waals surface area contributed by atoms with E-state index in [2.05, 4.69) is 13.8 Å². The predicted molar refractivity (Wildman–Crippen MR) is 162 cm³/mol. The molecule has 2 heterocycles. The molecule has 4 unspecified atom stereocenters. The van der Waals surface area contributed by atoms with E-state index in [0.717, 1.165) is 12.8 Å². The van der Waals surface area contributed by atoms with Gasteiger partial charge in [0.1, 0.15) is 17.1 Å². The van der Waals surface area contributed by atoms with Crippen LogP contribution in [0.25, 0.3) is 0 Å². The fourth-order valence-corrected chi connectivity index (χ4v) is 7.45. The van der Waals surface area contributed by atoms with Crippen molar-refractivity contribution in [2.24, 2.45) is 23.7 Å². The zero-order chi connectivity index (χ0) is 31.6. The zero-order valence-corrected chi connectivity index (χ0v) is 26.9. The highest BCUT2D eigenvalue weighted by Crippen LogP contribution is 2.48. The minimum Gasteiger partial charge on any atom is -0.507 e. The molecule has 10 atom stereocenters. The molecular weight excluding hydrogens is 536 g/mol. The summed E-state index contributed by atoms with van der Waals surface area (Å²) in [6.07, 6.45) is 3.34. The highest BCUT2D eigenvalue weighted by molar-refractivity contribution is 5.93. The van der Waals surface area contributed by atoms with Crippen molar-refractivity contribution in [3.05, 3.63) is 28.8 Å². The molecule has 2 saturated heterocycles. The highest BCUT2D eigenvalue weighted by Gasteiger charge is 2.55. The lowest BCUT2D eigenvalue weighted by Gasteiger charge is -2.47. The van der Waals surface area contributed by atoms with Gasteiger partial charge in [-0.25, -0.2) is 4.79 Å². The summed E-state index contributed by atoms with van der Waals surface area (Å²) in [5, 5.41) is 42.1. The topological polar surface area (TPSA) is 134 Å².